The van der Waals surface area contributed by atoms with Crippen LogP contribution in [0.4, 0.5) is 0 Å². The Balaban J connectivity index is 1.90. The number of rotatable bonds is 4. The van der Waals surface area contributed by atoms with E-state index in [2.05, 4.69) is 41.7 Å². The highest BCUT2D eigenvalue weighted by Gasteiger charge is 2.20. The zero-order chi connectivity index (χ0) is 13.9. The van der Waals surface area contributed by atoms with Crippen molar-refractivity contribution >= 4 is 11.6 Å². The molecule has 0 amide bonds. The average Bonchev–Trinajstić information content (AvgIpc) is 2.40. The van der Waals surface area contributed by atoms with Gasteiger partial charge in [0.25, 0.3) is 0 Å². The maximum absolute atomic E-state index is 5.98. The van der Waals surface area contributed by atoms with E-state index in [1.54, 1.807) is 0 Å². The summed E-state index contributed by atoms with van der Waals surface area (Å²) in [6.07, 6.45) is 4.06. The molecule has 1 aliphatic rings. The largest absolute Gasteiger partial charge is 0.309 e. The third-order valence-corrected chi connectivity index (χ3v) is 4.56. The summed E-state index contributed by atoms with van der Waals surface area (Å²) in [7, 11) is 2.01. The molecule has 1 unspecified atom stereocenters. The zero-order valence-corrected chi connectivity index (χ0v) is 12.5. The number of halogens is 1. The molecule has 20 heavy (non-hydrogen) atoms. The van der Waals surface area contributed by atoms with Crippen molar-refractivity contribution in [2.45, 2.75) is 31.2 Å². The van der Waals surface area contributed by atoms with Gasteiger partial charge in [-0.15, -0.1) is 0 Å². The first-order valence-corrected chi connectivity index (χ1v) is 7.68. The fourth-order valence-electron chi connectivity index (χ4n) is 2.92. The smallest absolute Gasteiger partial charge is 0.0574 e. The molecular formula is C18H20ClN. The van der Waals surface area contributed by atoms with E-state index in [0.29, 0.717) is 0 Å². The number of nitrogens with one attached hydrogen (secondary N) is 1. The third-order valence-electron chi connectivity index (χ3n) is 4.31. The Kier molecular flexibility index (Phi) is 4.09. The van der Waals surface area contributed by atoms with Crippen molar-refractivity contribution in [2.75, 3.05) is 7.05 Å². The molecule has 0 spiro atoms. The van der Waals surface area contributed by atoms with Gasteiger partial charge < -0.3 is 5.32 Å². The van der Waals surface area contributed by atoms with Crippen LogP contribution >= 0.6 is 11.6 Å². The van der Waals surface area contributed by atoms with Crippen molar-refractivity contribution in [3.8, 4) is 0 Å². The number of hydrogen-bond acceptors (Lipinski definition) is 1. The molecular weight excluding hydrogens is 266 g/mol. The van der Waals surface area contributed by atoms with Gasteiger partial charge in [-0.3, -0.25) is 0 Å². The van der Waals surface area contributed by atoms with Crippen LogP contribution in [0.3, 0.4) is 0 Å². The van der Waals surface area contributed by atoms with Crippen molar-refractivity contribution in [3.05, 3.63) is 70.2 Å². The SMILES string of the molecule is CNC(c1ccc(Cl)cc1)c1cccc(C2CCC2)c1. The van der Waals surface area contributed by atoms with Crippen LogP contribution in [0.1, 0.15) is 47.9 Å². The van der Waals surface area contributed by atoms with Gasteiger partial charge in [-0.1, -0.05) is 54.4 Å². The first kappa shape index (κ1) is 13.7. The Hall–Kier alpha value is -1.31. The minimum absolute atomic E-state index is 0.229. The molecule has 0 aliphatic heterocycles. The minimum atomic E-state index is 0.229. The minimum Gasteiger partial charge on any atom is -0.309 e. The molecule has 0 bridgehead atoms. The quantitative estimate of drug-likeness (QED) is 0.841. The van der Waals surface area contributed by atoms with E-state index in [9.17, 15) is 0 Å². The van der Waals surface area contributed by atoms with Crippen LogP contribution in [0.25, 0.3) is 0 Å². The van der Waals surface area contributed by atoms with Gasteiger partial charge in [-0.2, -0.15) is 0 Å². The van der Waals surface area contributed by atoms with Crippen LogP contribution in [-0.4, -0.2) is 7.05 Å². The van der Waals surface area contributed by atoms with Crippen molar-refractivity contribution < 1.29 is 0 Å². The van der Waals surface area contributed by atoms with Gasteiger partial charge in [-0.25, -0.2) is 0 Å². The Labute approximate surface area is 126 Å². The van der Waals surface area contributed by atoms with Gasteiger partial charge in [0.05, 0.1) is 6.04 Å². The predicted octanol–water partition coefficient (Wildman–Crippen LogP) is 4.92. The van der Waals surface area contributed by atoms with Crippen LogP contribution in [0.15, 0.2) is 48.5 Å². The van der Waals surface area contributed by atoms with E-state index in [1.165, 1.54) is 36.0 Å². The van der Waals surface area contributed by atoms with Crippen molar-refractivity contribution in [2.24, 2.45) is 0 Å². The first-order valence-electron chi connectivity index (χ1n) is 7.30. The second-order valence-corrected chi connectivity index (χ2v) is 6.01. The lowest BCUT2D eigenvalue weighted by Crippen LogP contribution is -2.18. The molecule has 1 aliphatic carbocycles. The van der Waals surface area contributed by atoms with Crippen LogP contribution in [0, 0.1) is 0 Å². The lowest BCUT2D eigenvalue weighted by molar-refractivity contribution is 0.419. The molecule has 0 radical (unpaired) electrons. The van der Waals surface area contributed by atoms with Gasteiger partial charge in [-0.05, 0) is 54.6 Å². The third kappa shape index (κ3) is 2.74. The molecule has 2 aromatic rings. The van der Waals surface area contributed by atoms with Crippen LogP contribution in [0.2, 0.25) is 5.02 Å². The summed E-state index contributed by atoms with van der Waals surface area (Å²) in [5.74, 6) is 0.776. The highest BCUT2D eigenvalue weighted by molar-refractivity contribution is 6.30. The summed E-state index contributed by atoms with van der Waals surface area (Å²) in [4.78, 5) is 0. The topological polar surface area (TPSA) is 12.0 Å². The Bertz CT molecular complexity index is 572. The van der Waals surface area contributed by atoms with E-state index in [-0.39, 0.29) is 6.04 Å². The van der Waals surface area contributed by atoms with Crippen LogP contribution < -0.4 is 5.32 Å². The maximum atomic E-state index is 5.98. The fourth-order valence-corrected chi connectivity index (χ4v) is 3.04. The molecule has 0 aromatic heterocycles. The molecule has 2 aromatic carbocycles. The molecule has 1 fully saturated rings. The zero-order valence-electron chi connectivity index (χ0n) is 11.8. The molecule has 0 heterocycles. The summed E-state index contributed by atoms with van der Waals surface area (Å²) < 4.78 is 0. The molecule has 1 atom stereocenters. The molecule has 2 heteroatoms. The molecule has 1 nitrogen and oxygen atoms in total. The molecule has 0 saturated heterocycles. The Morgan fingerprint density at radius 1 is 1.05 bits per heavy atom. The highest BCUT2D eigenvalue weighted by atomic mass is 35.5. The van der Waals surface area contributed by atoms with Gasteiger partial charge in [0.15, 0.2) is 0 Å². The normalized spacial score (nSPS) is 16.7. The van der Waals surface area contributed by atoms with Crippen LogP contribution in [-0.2, 0) is 0 Å². The second kappa shape index (κ2) is 5.99. The summed E-state index contributed by atoms with van der Waals surface area (Å²) in [6.45, 7) is 0. The van der Waals surface area contributed by atoms with Gasteiger partial charge in [0, 0.05) is 5.02 Å². The first-order chi connectivity index (χ1) is 9.78. The van der Waals surface area contributed by atoms with Crippen molar-refractivity contribution in [1.29, 1.82) is 0 Å². The molecule has 104 valence electrons. The fraction of sp³-hybridized carbons (Fsp3) is 0.333. The van der Waals surface area contributed by atoms with Crippen LogP contribution in [0.5, 0.6) is 0 Å². The Morgan fingerprint density at radius 3 is 2.40 bits per heavy atom. The van der Waals surface area contributed by atoms with Gasteiger partial charge in [0.2, 0.25) is 0 Å². The maximum Gasteiger partial charge on any atom is 0.0574 e. The summed E-state index contributed by atoms with van der Waals surface area (Å²) in [6, 6.07) is 17.3. The van der Waals surface area contributed by atoms with E-state index in [4.69, 9.17) is 11.6 Å². The lowest BCUT2D eigenvalue weighted by atomic mass is 9.79. The van der Waals surface area contributed by atoms with E-state index < -0.39 is 0 Å². The lowest BCUT2D eigenvalue weighted by Gasteiger charge is -2.27. The summed E-state index contributed by atoms with van der Waals surface area (Å²) in [5, 5.41) is 4.20. The average molecular weight is 286 g/mol. The number of hydrogen-bond donors (Lipinski definition) is 1. The molecule has 1 N–H and O–H groups in total. The summed E-state index contributed by atoms with van der Waals surface area (Å²) in [5.41, 5.74) is 4.07. The van der Waals surface area contributed by atoms with E-state index >= 15 is 0 Å². The predicted molar refractivity (Wildman–Crippen MR) is 85.4 cm³/mol. The van der Waals surface area contributed by atoms with E-state index in [1.807, 2.05) is 19.2 Å². The number of benzene rings is 2. The van der Waals surface area contributed by atoms with E-state index in [0.717, 1.165) is 10.9 Å². The van der Waals surface area contributed by atoms with Crippen molar-refractivity contribution in [3.63, 3.8) is 0 Å². The second-order valence-electron chi connectivity index (χ2n) is 5.57. The van der Waals surface area contributed by atoms with Gasteiger partial charge >= 0.3 is 0 Å². The van der Waals surface area contributed by atoms with Crippen molar-refractivity contribution in [1.82, 2.24) is 5.32 Å². The standard InChI is InChI=1S/C18H20ClN/c1-20-18(14-8-10-17(19)11-9-14)16-7-3-6-15(12-16)13-4-2-5-13/h3,6-13,18,20H,2,4-5H2,1H3. The van der Waals surface area contributed by atoms with Gasteiger partial charge in [0.1, 0.15) is 0 Å². The monoisotopic (exact) mass is 285 g/mol. The Morgan fingerprint density at radius 2 is 1.80 bits per heavy atom. The molecule has 1 saturated carbocycles. The highest BCUT2D eigenvalue weighted by Crippen LogP contribution is 2.37. The molecule has 3 rings (SSSR count). The summed E-state index contributed by atoms with van der Waals surface area (Å²) >= 11 is 5.98.